The van der Waals surface area contributed by atoms with Gasteiger partial charge in [0, 0.05) is 19.6 Å². The third-order valence-corrected chi connectivity index (χ3v) is 3.88. The van der Waals surface area contributed by atoms with Crippen molar-refractivity contribution in [3.8, 4) is 6.07 Å². The van der Waals surface area contributed by atoms with Crippen LogP contribution in [0.4, 0.5) is 0 Å². The molecule has 2 unspecified atom stereocenters. The summed E-state index contributed by atoms with van der Waals surface area (Å²) in [6.07, 6.45) is 0. The second kappa shape index (κ2) is 7.21. The van der Waals surface area contributed by atoms with Crippen LogP contribution in [0, 0.1) is 18.3 Å². The first-order valence-corrected chi connectivity index (χ1v) is 7.31. The molecule has 2 N–H and O–H groups in total. The Morgan fingerprint density at radius 3 is 3.05 bits per heavy atom. The predicted molar refractivity (Wildman–Crippen MR) is 81.6 cm³/mol. The summed E-state index contributed by atoms with van der Waals surface area (Å²) in [5.41, 5.74) is 2.30. The fourth-order valence-corrected chi connectivity index (χ4v) is 2.68. The molecule has 112 valence electrons. The number of nitriles is 1. The first-order valence-electron chi connectivity index (χ1n) is 7.31. The van der Waals surface area contributed by atoms with Crippen LogP contribution in [0.3, 0.4) is 0 Å². The van der Waals surface area contributed by atoms with Gasteiger partial charge in [0.2, 0.25) is 5.91 Å². The van der Waals surface area contributed by atoms with Crippen LogP contribution < -0.4 is 10.6 Å². The molecule has 1 saturated heterocycles. The predicted octanol–water partition coefficient (Wildman–Crippen LogP) is 0.970. The molecule has 1 aliphatic rings. The molecule has 0 aliphatic carbocycles. The molecule has 2 rings (SSSR count). The van der Waals surface area contributed by atoms with Crippen LogP contribution in [-0.2, 0) is 4.79 Å². The zero-order valence-corrected chi connectivity index (χ0v) is 12.6. The second-order valence-corrected chi connectivity index (χ2v) is 5.47. The topological polar surface area (TPSA) is 68.2 Å². The Hall–Kier alpha value is -1.90. The molecule has 0 spiro atoms. The maximum absolute atomic E-state index is 12.2. The van der Waals surface area contributed by atoms with Gasteiger partial charge in [-0.3, -0.25) is 9.69 Å². The molecular formula is C16H22N4O. The number of nitrogens with zero attached hydrogens (tertiary/aromatic N) is 2. The number of nitrogens with one attached hydrogen (secondary N) is 2. The minimum absolute atomic E-state index is 0.0258. The van der Waals surface area contributed by atoms with Gasteiger partial charge in [-0.2, -0.15) is 5.26 Å². The number of hydrogen-bond acceptors (Lipinski definition) is 4. The minimum atomic E-state index is -0.224. The van der Waals surface area contributed by atoms with Gasteiger partial charge in [-0.1, -0.05) is 24.3 Å². The van der Waals surface area contributed by atoms with E-state index in [2.05, 4.69) is 16.7 Å². The van der Waals surface area contributed by atoms with E-state index in [4.69, 9.17) is 5.26 Å². The second-order valence-electron chi connectivity index (χ2n) is 5.47. The highest BCUT2D eigenvalue weighted by Gasteiger charge is 2.24. The van der Waals surface area contributed by atoms with E-state index in [-0.39, 0.29) is 24.5 Å². The average Bonchev–Trinajstić information content (AvgIpc) is 2.48. The van der Waals surface area contributed by atoms with Gasteiger partial charge in [-0.05, 0) is 25.0 Å². The maximum atomic E-state index is 12.2. The Morgan fingerprint density at radius 1 is 1.57 bits per heavy atom. The highest BCUT2D eigenvalue weighted by atomic mass is 16.2. The Labute approximate surface area is 125 Å². The van der Waals surface area contributed by atoms with Gasteiger partial charge in [0.05, 0.1) is 18.7 Å². The monoisotopic (exact) mass is 286 g/mol. The Bertz CT molecular complexity index is 537. The number of aryl methyl sites for hydroxylation is 1. The van der Waals surface area contributed by atoms with Crippen molar-refractivity contribution < 1.29 is 4.79 Å². The zero-order valence-electron chi connectivity index (χ0n) is 12.6. The number of benzene rings is 1. The molecule has 1 aromatic rings. The van der Waals surface area contributed by atoms with Crippen molar-refractivity contribution >= 4 is 5.91 Å². The highest BCUT2D eigenvalue weighted by Crippen LogP contribution is 2.16. The van der Waals surface area contributed by atoms with E-state index >= 15 is 0 Å². The number of carbonyl (C=O) groups excluding carboxylic acids is 1. The lowest BCUT2D eigenvalue weighted by Gasteiger charge is -2.31. The third-order valence-electron chi connectivity index (χ3n) is 3.88. The average molecular weight is 286 g/mol. The SMILES string of the molecule is Cc1ccccc1C(C)NC(=O)CN1CCNCC1C#N. The lowest BCUT2D eigenvalue weighted by molar-refractivity contribution is -0.123. The van der Waals surface area contributed by atoms with Crippen molar-refractivity contribution in [1.29, 1.82) is 5.26 Å². The van der Waals surface area contributed by atoms with Gasteiger partial charge in [-0.25, -0.2) is 0 Å². The summed E-state index contributed by atoms with van der Waals surface area (Å²) < 4.78 is 0. The van der Waals surface area contributed by atoms with Crippen LogP contribution in [-0.4, -0.2) is 43.0 Å². The number of carbonyl (C=O) groups is 1. The van der Waals surface area contributed by atoms with E-state index in [1.54, 1.807) is 0 Å². The van der Waals surface area contributed by atoms with Crippen molar-refractivity contribution in [2.45, 2.75) is 25.9 Å². The van der Waals surface area contributed by atoms with Crippen molar-refractivity contribution in [2.24, 2.45) is 0 Å². The lowest BCUT2D eigenvalue weighted by Crippen LogP contribution is -2.53. The molecule has 0 bridgehead atoms. The van der Waals surface area contributed by atoms with E-state index in [0.29, 0.717) is 6.54 Å². The first kappa shape index (κ1) is 15.5. The molecule has 1 aliphatic heterocycles. The van der Waals surface area contributed by atoms with Crippen molar-refractivity contribution in [3.63, 3.8) is 0 Å². The van der Waals surface area contributed by atoms with E-state index in [1.165, 1.54) is 5.56 Å². The van der Waals surface area contributed by atoms with Crippen LogP contribution in [0.15, 0.2) is 24.3 Å². The van der Waals surface area contributed by atoms with Crippen molar-refractivity contribution in [2.75, 3.05) is 26.2 Å². The fraction of sp³-hybridized carbons (Fsp3) is 0.500. The molecule has 5 nitrogen and oxygen atoms in total. The number of rotatable bonds is 4. The van der Waals surface area contributed by atoms with Crippen LogP contribution in [0.25, 0.3) is 0 Å². The minimum Gasteiger partial charge on any atom is -0.348 e. The molecule has 0 aromatic heterocycles. The van der Waals surface area contributed by atoms with Gasteiger partial charge in [0.15, 0.2) is 0 Å². The largest absolute Gasteiger partial charge is 0.348 e. The van der Waals surface area contributed by atoms with Crippen LogP contribution in [0.5, 0.6) is 0 Å². The van der Waals surface area contributed by atoms with Gasteiger partial charge < -0.3 is 10.6 Å². The van der Waals surface area contributed by atoms with Crippen molar-refractivity contribution in [3.05, 3.63) is 35.4 Å². The lowest BCUT2D eigenvalue weighted by atomic mass is 10.0. The Morgan fingerprint density at radius 2 is 2.33 bits per heavy atom. The molecular weight excluding hydrogens is 264 g/mol. The molecule has 1 aromatic carbocycles. The maximum Gasteiger partial charge on any atom is 0.234 e. The quantitative estimate of drug-likeness (QED) is 0.865. The normalized spacial score (nSPS) is 20.5. The van der Waals surface area contributed by atoms with Crippen LogP contribution in [0.1, 0.15) is 24.1 Å². The van der Waals surface area contributed by atoms with Gasteiger partial charge in [0.25, 0.3) is 0 Å². The van der Waals surface area contributed by atoms with E-state index in [1.807, 2.05) is 43.0 Å². The Balaban J connectivity index is 1.92. The molecule has 1 amide bonds. The third kappa shape index (κ3) is 4.03. The molecule has 21 heavy (non-hydrogen) atoms. The first-order chi connectivity index (χ1) is 10.1. The number of amides is 1. The standard InChI is InChI=1S/C16H22N4O/c1-12-5-3-4-6-15(12)13(2)19-16(21)11-20-8-7-18-10-14(20)9-17/h3-6,13-14,18H,7-8,10-11H2,1-2H3,(H,19,21). The molecule has 2 atom stereocenters. The fourth-order valence-electron chi connectivity index (χ4n) is 2.68. The number of piperazine rings is 1. The van der Waals surface area contributed by atoms with Gasteiger partial charge in [-0.15, -0.1) is 0 Å². The molecule has 1 heterocycles. The molecule has 0 saturated carbocycles. The summed E-state index contributed by atoms with van der Waals surface area (Å²) in [4.78, 5) is 14.1. The summed E-state index contributed by atoms with van der Waals surface area (Å²) >= 11 is 0. The summed E-state index contributed by atoms with van der Waals surface area (Å²) in [5.74, 6) is -0.0343. The summed E-state index contributed by atoms with van der Waals surface area (Å²) in [6, 6.07) is 10.0. The molecule has 5 heteroatoms. The van der Waals surface area contributed by atoms with Crippen molar-refractivity contribution in [1.82, 2.24) is 15.5 Å². The van der Waals surface area contributed by atoms with E-state index in [0.717, 1.165) is 18.7 Å². The summed E-state index contributed by atoms with van der Waals surface area (Å²) in [5, 5.41) is 15.3. The van der Waals surface area contributed by atoms with Gasteiger partial charge >= 0.3 is 0 Å². The van der Waals surface area contributed by atoms with Crippen LogP contribution >= 0.6 is 0 Å². The van der Waals surface area contributed by atoms with Crippen LogP contribution in [0.2, 0.25) is 0 Å². The smallest absolute Gasteiger partial charge is 0.234 e. The Kier molecular flexibility index (Phi) is 5.32. The zero-order chi connectivity index (χ0) is 15.2. The molecule has 1 fully saturated rings. The van der Waals surface area contributed by atoms with E-state index in [9.17, 15) is 4.79 Å². The summed E-state index contributed by atoms with van der Waals surface area (Å²) in [6.45, 7) is 6.47. The highest BCUT2D eigenvalue weighted by molar-refractivity contribution is 5.78. The van der Waals surface area contributed by atoms with E-state index < -0.39 is 0 Å². The van der Waals surface area contributed by atoms with Gasteiger partial charge in [0.1, 0.15) is 6.04 Å². The summed E-state index contributed by atoms with van der Waals surface area (Å²) in [7, 11) is 0. The molecule has 0 radical (unpaired) electrons. The number of hydrogen-bond donors (Lipinski definition) is 2.